The molecule has 3 nitrogen and oxygen atoms in total. The Bertz CT molecular complexity index is 461. The smallest absolute Gasteiger partial charge is 0.179 e. The first-order valence-electron chi connectivity index (χ1n) is 8.08. The largest absolute Gasteiger partial charge is 0.303 e. The molecule has 0 bridgehead atoms. The first kappa shape index (κ1) is 16.2. The van der Waals surface area contributed by atoms with Gasteiger partial charge in [0.15, 0.2) is 5.78 Å². The van der Waals surface area contributed by atoms with Gasteiger partial charge in [-0.05, 0) is 53.4 Å². The van der Waals surface area contributed by atoms with Crippen molar-refractivity contribution < 1.29 is 4.79 Å². The molecule has 0 aliphatic carbocycles. The van der Waals surface area contributed by atoms with Gasteiger partial charge in [0.1, 0.15) is 0 Å². The number of Topliss-reactive ketones (excluding diaryl/α,β-unsaturated/α-hetero) is 1. The van der Waals surface area contributed by atoms with E-state index in [1.54, 1.807) is 0 Å². The summed E-state index contributed by atoms with van der Waals surface area (Å²) >= 11 is 0. The third-order valence-corrected chi connectivity index (χ3v) is 4.91. The lowest BCUT2D eigenvalue weighted by molar-refractivity contribution is 0.0712. The second kappa shape index (κ2) is 7.19. The van der Waals surface area contributed by atoms with Crippen molar-refractivity contribution in [3.63, 3.8) is 0 Å². The van der Waals surface area contributed by atoms with Crippen molar-refractivity contribution in [1.29, 1.82) is 0 Å². The van der Waals surface area contributed by atoms with Gasteiger partial charge < -0.3 is 4.90 Å². The summed E-state index contributed by atoms with van der Waals surface area (Å²) in [4.78, 5) is 17.4. The molecule has 0 N–H and O–H groups in total. The number of carbonyl (C=O) groups is 1. The summed E-state index contributed by atoms with van der Waals surface area (Å²) < 4.78 is 0. The van der Waals surface area contributed by atoms with Gasteiger partial charge in [0, 0.05) is 11.6 Å². The number of hydrogen-bond donors (Lipinski definition) is 0. The molecule has 3 heteroatoms. The summed E-state index contributed by atoms with van der Waals surface area (Å²) in [7, 11) is 2.10. The summed E-state index contributed by atoms with van der Waals surface area (Å²) in [6, 6.07) is 8.39. The highest BCUT2D eigenvalue weighted by Gasteiger charge is 2.28. The zero-order valence-electron chi connectivity index (χ0n) is 13.8. The molecule has 0 spiro atoms. The summed E-state index contributed by atoms with van der Waals surface area (Å²) in [5, 5.41) is 0. The Labute approximate surface area is 128 Å². The number of benzene rings is 1. The maximum Gasteiger partial charge on any atom is 0.179 e. The van der Waals surface area contributed by atoms with Gasteiger partial charge in [-0.1, -0.05) is 36.8 Å². The van der Waals surface area contributed by atoms with Gasteiger partial charge in [0.25, 0.3) is 0 Å². The number of likely N-dealkylation sites (N-methyl/N-ethyl adjacent to an activating group) is 1. The van der Waals surface area contributed by atoms with Crippen LogP contribution in [-0.2, 0) is 0 Å². The summed E-state index contributed by atoms with van der Waals surface area (Å²) in [5.41, 5.74) is 2.02. The van der Waals surface area contributed by atoms with Crippen LogP contribution >= 0.6 is 0 Å². The topological polar surface area (TPSA) is 23.6 Å². The van der Waals surface area contributed by atoms with Crippen LogP contribution in [0.5, 0.6) is 0 Å². The van der Waals surface area contributed by atoms with Crippen LogP contribution in [0.1, 0.15) is 42.6 Å². The van der Waals surface area contributed by atoms with Crippen molar-refractivity contribution in [3.05, 3.63) is 35.4 Å². The Morgan fingerprint density at radius 2 is 1.86 bits per heavy atom. The Balaban J connectivity index is 1.97. The fourth-order valence-electron chi connectivity index (χ4n) is 3.10. The minimum atomic E-state index is -0.0501. The lowest BCUT2D eigenvalue weighted by Crippen LogP contribution is -2.48. The molecule has 0 aromatic heterocycles. The van der Waals surface area contributed by atoms with E-state index in [0.29, 0.717) is 6.04 Å². The fraction of sp³-hybridized carbons (Fsp3) is 0.611. The molecule has 1 saturated heterocycles. The fourth-order valence-corrected chi connectivity index (χ4v) is 3.10. The van der Waals surface area contributed by atoms with Gasteiger partial charge in [0.2, 0.25) is 0 Å². The highest BCUT2D eigenvalue weighted by atomic mass is 16.1. The SMILES string of the molecule is CCN1CCC(N(C)C(C)C(=O)c2ccc(C)cc2)CC1. The van der Waals surface area contributed by atoms with Crippen LogP contribution in [0.3, 0.4) is 0 Å². The normalized spacial score (nSPS) is 18.9. The third-order valence-electron chi connectivity index (χ3n) is 4.91. The number of likely N-dealkylation sites (tertiary alicyclic amines) is 1. The minimum Gasteiger partial charge on any atom is -0.303 e. The van der Waals surface area contributed by atoms with Gasteiger partial charge in [0.05, 0.1) is 6.04 Å². The molecule has 2 rings (SSSR count). The van der Waals surface area contributed by atoms with E-state index in [0.717, 1.165) is 38.0 Å². The summed E-state index contributed by atoms with van der Waals surface area (Å²) in [5.74, 6) is 0.232. The molecule has 1 fully saturated rings. The predicted octanol–water partition coefficient (Wildman–Crippen LogP) is 2.98. The number of piperidine rings is 1. The third kappa shape index (κ3) is 3.92. The van der Waals surface area contributed by atoms with E-state index in [1.165, 1.54) is 5.56 Å². The van der Waals surface area contributed by atoms with Crippen LogP contribution in [0, 0.1) is 6.92 Å². The maximum absolute atomic E-state index is 12.6. The molecular formula is C18H28N2O. The molecule has 0 saturated carbocycles. The van der Waals surface area contributed by atoms with Crippen LogP contribution in [0.4, 0.5) is 0 Å². The average Bonchev–Trinajstić information content (AvgIpc) is 2.53. The highest BCUT2D eigenvalue weighted by Crippen LogP contribution is 2.19. The van der Waals surface area contributed by atoms with E-state index >= 15 is 0 Å². The van der Waals surface area contributed by atoms with Gasteiger partial charge in [-0.15, -0.1) is 0 Å². The Kier molecular flexibility index (Phi) is 5.54. The standard InChI is InChI=1S/C18H28N2O/c1-5-20-12-10-17(11-13-20)19(4)15(3)18(21)16-8-6-14(2)7-9-16/h6-9,15,17H,5,10-13H2,1-4H3. The molecule has 1 aromatic carbocycles. The van der Waals surface area contributed by atoms with Crippen LogP contribution in [0.2, 0.25) is 0 Å². The van der Waals surface area contributed by atoms with Crippen LogP contribution in [0.25, 0.3) is 0 Å². The van der Waals surface area contributed by atoms with Crippen molar-refractivity contribution in [2.75, 3.05) is 26.7 Å². The van der Waals surface area contributed by atoms with Crippen LogP contribution in [-0.4, -0.2) is 54.3 Å². The van der Waals surface area contributed by atoms with Crippen LogP contribution < -0.4 is 0 Å². The number of nitrogens with zero attached hydrogens (tertiary/aromatic N) is 2. The summed E-state index contributed by atoms with van der Waals surface area (Å²) in [6.45, 7) is 9.73. The number of carbonyl (C=O) groups excluding carboxylic acids is 1. The van der Waals surface area contributed by atoms with Gasteiger partial charge in [-0.25, -0.2) is 0 Å². The monoisotopic (exact) mass is 288 g/mol. The van der Waals surface area contributed by atoms with Crippen molar-refractivity contribution in [1.82, 2.24) is 9.80 Å². The van der Waals surface area contributed by atoms with Gasteiger partial charge in [-0.2, -0.15) is 0 Å². The second-order valence-electron chi connectivity index (χ2n) is 6.24. The lowest BCUT2D eigenvalue weighted by Gasteiger charge is -2.38. The number of hydrogen-bond acceptors (Lipinski definition) is 3. The Morgan fingerprint density at radius 3 is 2.38 bits per heavy atom. The quantitative estimate of drug-likeness (QED) is 0.778. The van der Waals surface area contributed by atoms with E-state index in [9.17, 15) is 4.79 Å². The van der Waals surface area contributed by atoms with Crippen molar-refractivity contribution in [2.45, 2.75) is 45.7 Å². The van der Waals surface area contributed by atoms with Crippen LogP contribution in [0.15, 0.2) is 24.3 Å². The van der Waals surface area contributed by atoms with Crippen molar-refractivity contribution in [3.8, 4) is 0 Å². The lowest BCUT2D eigenvalue weighted by atomic mass is 9.98. The zero-order chi connectivity index (χ0) is 15.4. The van der Waals surface area contributed by atoms with E-state index in [2.05, 4.69) is 23.8 Å². The summed E-state index contributed by atoms with van der Waals surface area (Å²) in [6.07, 6.45) is 2.33. The molecule has 1 heterocycles. The molecule has 1 unspecified atom stereocenters. The Hall–Kier alpha value is -1.19. The molecule has 0 amide bonds. The number of aryl methyl sites for hydroxylation is 1. The Morgan fingerprint density at radius 1 is 1.29 bits per heavy atom. The van der Waals surface area contributed by atoms with Crippen molar-refractivity contribution >= 4 is 5.78 Å². The molecule has 0 radical (unpaired) electrons. The van der Waals surface area contributed by atoms with Gasteiger partial charge >= 0.3 is 0 Å². The zero-order valence-corrected chi connectivity index (χ0v) is 13.8. The molecule has 1 aliphatic rings. The first-order chi connectivity index (χ1) is 10.0. The van der Waals surface area contributed by atoms with E-state index < -0.39 is 0 Å². The average molecular weight is 288 g/mol. The molecule has 1 atom stereocenters. The molecule has 1 aromatic rings. The molecular weight excluding hydrogens is 260 g/mol. The minimum absolute atomic E-state index is 0.0501. The molecule has 116 valence electrons. The van der Waals surface area contributed by atoms with E-state index in [-0.39, 0.29) is 11.8 Å². The molecule has 21 heavy (non-hydrogen) atoms. The van der Waals surface area contributed by atoms with Crippen molar-refractivity contribution in [2.24, 2.45) is 0 Å². The maximum atomic E-state index is 12.6. The molecule has 1 aliphatic heterocycles. The second-order valence-corrected chi connectivity index (χ2v) is 6.24. The highest BCUT2D eigenvalue weighted by molar-refractivity contribution is 5.99. The van der Waals surface area contributed by atoms with Gasteiger partial charge in [-0.3, -0.25) is 9.69 Å². The first-order valence-corrected chi connectivity index (χ1v) is 8.08. The van der Waals surface area contributed by atoms with E-state index in [4.69, 9.17) is 0 Å². The number of rotatable bonds is 5. The predicted molar refractivity (Wildman–Crippen MR) is 87.9 cm³/mol. The number of ketones is 1. The van der Waals surface area contributed by atoms with E-state index in [1.807, 2.05) is 38.1 Å².